The second kappa shape index (κ2) is 8.89. The van der Waals surface area contributed by atoms with Crippen LogP contribution < -0.4 is 10.1 Å². The molecule has 0 aliphatic carbocycles. The van der Waals surface area contributed by atoms with Crippen molar-refractivity contribution in [3.8, 4) is 5.75 Å². The zero-order valence-corrected chi connectivity index (χ0v) is 15.3. The standard InChI is InChI=1S/C18H22F2N2O2S/c1-11(2)10-15-22-12(3)16(25-15)17(23)21-9-8-13-4-6-14(7-5-13)24-18(19)20/h4-7,11,18H,8-10H2,1-3H3,(H,21,23). The lowest BCUT2D eigenvalue weighted by Crippen LogP contribution is -2.25. The van der Waals surface area contributed by atoms with Gasteiger partial charge in [-0.2, -0.15) is 8.78 Å². The van der Waals surface area contributed by atoms with Crippen LogP contribution in [-0.2, 0) is 12.8 Å². The third kappa shape index (κ3) is 6.08. The molecule has 0 radical (unpaired) electrons. The highest BCUT2D eigenvalue weighted by atomic mass is 32.1. The first-order valence-electron chi connectivity index (χ1n) is 8.13. The first-order chi connectivity index (χ1) is 11.8. The van der Waals surface area contributed by atoms with Crippen LogP contribution >= 0.6 is 11.3 Å². The lowest BCUT2D eigenvalue weighted by atomic mass is 10.1. The van der Waals surface area contributed by atoms with Gasteiger partial charge in [-0.1, -0.05) is 26.0 Å². The van der Waals surface area contributed by atoms with Gasteiger partial charge >= 0.3 is 6.61 Å². The number of hydrogen-bond donors (Lipinski definition) is 1. The minimum absolute atomic E-state index is 0.123. The van der Waals surface area contributed by atoms with Crippen LogP contribution in [0, 0.1) is 12.8 Å². The molecule has 1 aromatic heterocycles. The zero-order valence-electron chi connectivity index (χ0n) is 14.5. The topological polar surface area (TPSA) is 51.2 Å². The number of amides is 1. The number of thiazole rings is 1. The van der Waals surface area contributed by atoms with E-state index >= 15 is 0 Å². The molecule has 0 aliphatic heterocycles. The van der Waals surface area contributed by atoms with E-state index in [1.165, 1.54) is 23.5 Å². The van der Waals surface area contributed by atoms with E-state index in [2.05, 4.69) is 28.9 Å². The van der Waals surface area contributed by atoms with Crippen LogP contribution in [0.15, 0.2) is 24.3 Å². The summed E-state index contributed by atoms with van der Waals surface area (Å²) in [4.78, 5) is 17.4. The van der Waals surface area contributed by atoms with Gasteiger partial charge in [0.15, 0.2) is 0 Å². The van der Waals surface area contributed by atoms with E-state index in [4.69, 9.17) is 0 Å². The lowest BCUT2D eigenvalue weighted by Gasteiger charge is -2.07. The van der Waals surface area contributed by atoms with Gasteiger partial charge in [-0.05, 0) is 37.0 Å². The molecule has 2 aromatic rings. The number of nitrogens with zero attached hydrogens (tertiary/aromatic N) is 1. The van der Waals surface area contributed by atoms with Gasteiger partial charge in [0.25, 0.3) is 5.91 Å². The Morgan fingerprint density at radius 3 is 2.56 bits per heavy atom. The van der Waals surface area contributed by atoms with Crippen molar-refractivity contribution in [2.24, 2.45) is 5.92 Å². The summed E-state index contributed by atoms with van der Waals surface area (Å²) < 4.78 is 28.5. The number of ether oxygens (including phenoxy) is 1. The van der Waals surface area contributed by atoms with Gasteiger partial charge < -0.3 is 10.1 Å². The average molecular weight is 368 g/mol. The van der Waals surface area contributed by atoms with Gasteiger partial charge in [0.1, 0.15) is 10.6 Å². The van der Waals surface area contributed by atoms with Crippen molar-refractivity contribution in [1.29, 1.82) is 0 Å². The molecule has 1 N–H and O–H groups in total. The quantitative estimate of drug-likeness (QED) is 0.759. The fraction of sp³-hybridized carbons (Fsp3) is 0.444. The number of alkyl halides is 2. The predicted octanol–water partition coefficient (Wildman–Crippen LogP) is 4.22. The van der Waals surface area contributed by atoms with E-state index < -0.39 is 6.61 Å². The highest BCUT2D eigenvalue weighted by Gasteiger charge is 2.15. The molecule has 0 spiro atoms. The maximum absolute atomic E-state index is 12.3. The molecule has 0 bridgehead atoms. The van der Waals surface area contributed by atoms with Gasteiger partial charge in [0.05, 0.1) is 10.7 Å². The fourth-order valence-electron chi connectivity index (χ4n) is 2.34. The second-order valence-electron chi connectivity index (χ2n) is 6.15. The maximum atomic E-state index is 12.3. The Morgan fingerprint density at radius 1 is 1.28 bits per heavy atom. The second-order valence-corrected chi connectivity index (χ2v) is 7.23. The molecule has 0 atom stereocenters. The summed E-state index contributed by atoms with van der Waals surface area (Å²) in [5, 5.41) is 3.86. The number of nitrogens with one attached hydrogen (secondary N) is 1. The first-order valence-corrected chi connectivity index (χ1v) is 8.95. The van der Waals surface area contributed by atoms with Crippen LogP contribution in [0.1, 0.15) is 39.8 Å². The van der Waals surface area contributed by atoms with Crippen molar-refractivity contribution in [1.82, 2.24) is 10.3 Å². The van der Waals surface area contributed by atoms with Crippen LogP contribution in [0.5, 0.6) is 5.75 Å². The number of carbonyl (C=O) groups excluding carboxylic acids is 1. The first kappa shape index (κ1) is 19.3. The highest BCUT2D eigenvalue weighted by Crippen LogP contribution is 2.20. The van der Waals surface area contributed by atoms with Gasteiger partial charge in [-0.25, -0.2) is 4.98 Å². The number of carbonyl (C=O) groups is 1. The van der Waals surface area contributed by atoms with Crippen molar-refractivity contribution in [2.75, 3.05) is 6.54 Å². The maximum Gasteiger partial charge on any atom is 0.387 e. The number of halogens is 2. The molecule has 0 saturated carbocycles. The van der Waals surface area contributed by atoms with E-state index in [9.17, 15) is 13.6 Å². The Bertz CT molecular complexity index is 700. The molecular formula is C18H22F2N2O2S. The summed E-state index contributed by atoms with van der Waals surface area (Å²) in [6.45, 7) is 3.72. The summed E-state index contributed by atoms with van der Waals surface area (Å²) in [7, 11) is 0. The molecule has 2 rings (SSSR count). The average Bonchev–Trinajstić information content (AvgIpc) is 2.88. The molecule has 0 fully saturated rings. The molecule has 0 aliphatic rings. The van der Waals surface area contributed by atoms with Crippen LogP contribution in [0.2, 0.25) is 0 Å². The van der Waals surface area contributed by atoms with Gasteiger partial charge in [-0.3, -0.25) is 4.79 Å². The van der Waals surface area contributed by atoms with E-state index in [1.54, 1.807) is 12.1 Å². The van der Waals surface area contributed by atoms with Crippen molar-refractivity contribution in [3.63, 3.8) is 0 Å². The monoisotopic (exact) mass is 368 g/mol. The number of rotatable bonds is 8. The van der Waals surface area contributed by atoms with Crippen molar-refractivity contribution < 1.29 is 18.3 Å². The molecule has 1 amide bonds. The Morgan fingerprint density at radius 2 is 1.96 bits per heavy atom. The molecule has 25 heavy (non-hydrogen) atoms. The molecule has 4 nitrogen and oxygen atoms in total. The third-order valence-corrected chi connectivity index (χ3v) is 4.66. The van der Waals surface area contributed by atoms with Crippen LogP contribution in [0.3, 0.4) is 0 Å². The van der Waals surface area contributed by atoms with Crippen molar-refractivity contribution >= 4 is 17.2 Å². The SMILES string of the molecule is Cc1nc(CC(C)C)sc1C(=O)NCCc1ccc(OC(F)F)cc1. The number of aryl methyl sites for hydroxylation is 1. The Balaban J connectivity index is 1.85. The molecule has 136 valence electrons. The number of benzene rings is 1. The van der Waals surface area contributed by atoms with Crippen LogP contribution in [0.25, 0.3) is 0 Å². The highest BCUT2D eigenvalue weighted by molar-refractivity contribution is 7.13. The minimum Gasteiger partial charge on any atom is -0.435 e. The van der Waals surface area contributed by atoms with E-state index in [1.807, 2.05) is 6.92 Å². The Labute approximate surface area is 150 Å². The minimum atomic E-state index is -2.83. The third-order valence-electron chi connectivity index (χ3n) is 3.48. The summed E-state index contributed by atoms with van der Waals surface area (Å²) in [5.41, 5.74) is 1.69. The molecule has 1 aromatic carbocycles. The largest absolute Gasteiger partial charge is 0.435 e. The number of hydrogen-bond acceptors (Lipinski definition) is 4. The van der Waals surface area contributed by atoms with Crippen molar-refractivity contribution in [3.05, 3.63) is 45.4 Å². The molecule has 1 heterocycles. The van der Waals surface area contributed by atoms with Gasteiger partial charge in [0, 0.05) is 13.0 Å². The van der Waals surface area contributed by atoms with E-state index in [0.29, 0.717) is 23.8 Å². The van der Waals surface area contributed by atoms with Crippen LogP contribution in [0.4, 0.5) is 8.78 Å². The molecular weight excluding hydrogens is 346 g/mol. The van der Waals surface area contributed by atoms with Crippen LogP contribution in [-0.4, -0.2) is 24.0 Å². The fourth-order valence-corrected chi connectivity index (χ4v) is 3.53. The van der Waals surface area contributed by atoms with E-state index in [0.717, 1.165) is 22.7 Å². The number of aromatic nitrogens is 1. The van der Waals surface area contributed by atoms with Crippen molar-refractivity contribution in [2.45, 2.75) is 40.2 Å². The Hall–Kier alpha value is -2.02. The van der Waals surface area contributed by atoms with Gasteiger partial charge in [0.2, 0.25) is 0 Å². The summed E-state index contributed by atoms with van der Waals surface area (Å²) in [5.74, 6) is 0.502. The normalized spacial score (nSPS) is 11.2. The zero-order chi connectivity index (χ0) is 18.4. The Kier molecular flexibility index (Phi) is 6.87. The predicted molar refractivity (Wildman–Crippen MR) is 94.5 cm³/mol. The summed E-state index contributed by atoms with van der Waals surface area (Å²) in [6.07, 6.45) is 1.48. The smallest absolute Gasteiger partial charge is 0.387 e. The molecule has 0 unspecified atom stereocenters. The summed E-state index contributed by atoms with van der Waals surface area (Å²) in [6, 6.07) is 6.41. The molecule has 0 saturated heterocycles. The van der Waals surface area contributed by atoms with Gasteiger partial charge in [-0.15, -0.1) is 11.3 Å². The lowest BCUT2D eigenvalue weighted by molar-refractivity contribution is -0.0498. The van der Waals surface area contributed by atoms with E-state index in [-0.39, 0.29) is 11.7 Å². The molecule has 7 heteroatoms. The summed E-state index contributed by atoms with van der Waals surface area (Å²) >= 11 is 1.44.